The minimum Gasteiger partial charge on any atom is -0.341 e. The average Bonchev–Trinajstić information content (AvgIpc) is 2.73. The largest absolute Gasteiger partial charge is 0.341 e. The molecule has 2 atom stereocenters. The Morgan fingerprint density at radius 3 is 2.90 bits per heavy atom. The predicted octanol–water partition coefficient (Wildman–Crippen LogP) is 2.20. The second kappa shape index (κ2) is 5.57. The van der Waals surface area contributed by atoms with Gasteiger partial charge in [-0.2, -0.15) is 0 Å². The lowest BCUT2D eigenvalue weighted by atomic mass is 10.0. The molecular weight excluding hydrogens is 248 g/mol. The van der Waals surface area contributed by atoms with Crippen LogP contribution in [-0.4, -0.2) is 36.0 Å². The highest BCUT2D eigenvalue weighted by Gasteiger charge is 2.31. The number of aryl methyl sites for hydroxylation is 2. The summed E-state index contributed by atoms with van der Waals surface area (Å²) in [5.74, 6) is 0.285. The molecule has 3 heteroatoms. The summed E-state index contributed by atoms with van der Waals surface area (Å²) in [6, 6.07) is 7.53. The highest BCUT2D eigenvalue weighted by atomic mass is 16.2. The molecule has 1 amide bonds. The van der Waals surface area contributed by atoms with E-state index in [0.717, 1.165) is 19.5 Å². The van der Waals surface area contributed by atoms with Crippen LogP contribution in [0, 0.1) is 13.8 Å². The highest BCUT2D eigenvalue weighted by molar-refractivity contribution is 5.79. The van der Waals surface area contributed by atoms with Gasteiger partial charge in [0.25, 0.3) is 0 Å². The van der Waals surface area contributed by atoms with Crippen LogP contribution in [0.1, 0.15) is 36.0 Å². The van der Waals surface area contributed by atoms with Gasteiger partial charge >= 0.3 is 0 Å². The maximum absolute atomic E-state index is 12.6. The van der Waals surface area contributed by atoms with Gasteiger partial charge in [0, 0.05) is 25.2 Å². The van der Waals surface area contributed by atoms with Gasteiger partial charge in [-0.1, -0.05) is 23.8 Å². The summed E-state index contributed by atoms with van der Waals surface area (Å²) in [5, 5.41) is 3.63. The van der Waals surface area contributed by atoms with Crippen molar-refractivity contribution in [3.05, 3.63) is 34.9 Å². The van der Waals surface area contributed by atoms with Gasteiger partial charge in [-0.05, 0) is 44.2 Å². The zero-order chi connectivity index (χ0) is 14.1. The van der Waals surface area contributed by atoms with Crippen molar-refractivity contribution >= 4 is 5.91 Å². The van der Waals surface area contributed by atoms with Crippen LogP contribution in [0.3, 0.4) is 0 Å². The van der Waals surface area contributed by atoms with Crippen molar-refractivity contribution in [3.63, 3.8) is 0 Å². The Kier molecular flexibility index (Phi) is 3.79. The predicted molar refractivity (Wildman–Crippen MR) is 80.8 cm³/mol. The number of nitrogens with one attached hydrogen (secondary N) is 1. The van der Waals surface area contributed by atoms with E-state index >= 15 is 0 Å². The molecule has 0 saturated carbocycles. The third kappa shape index (κ3) is 2.88. The summed E-state index contributed by atoms with van der Waals surface area (Å²) in [6.45, 7) is 5.98. The fourth-order valence-corrected chi connectivity index (χ4v) is 3.43. The Bertz CT molecular complexity index is 512. The van der Waals surface area contributed by atoms with Crippen molar-refractivity contribution in [2.75, 3.05) is 13.1 Å². The summed E-state index contributed by atoms with van der Waals surface area (Å²) in [5.41, 5.74) is 3.63. The van der Waals surface area contributed by atoms with Gasteiger partial charge in [-0.15, -0.1) is 0 Å². The molecule has 1 N–H and O–H groups in total. The van der Waals surface area contributed by atoms with Gasteiger partial charge < -0.3 is 10.2 Å². The normalized spacial score (nSPS) is 25.6. The first kappa shape index (κ1) is 13.6. The molecule has 108 valence electrons. The van der Waals surface area contributed by atoms with Gasteiger partial charge in [-0.25, -0.2) is 0 Å². The van der Waals surface area contributed by atoms with E-state index in [1.807, 2.05) is 0 Å². The van der Waals surface area contributed by atoms with Crippen molar-refractivity contribution in [3.8, 4) is 0 Å². The Morgan fingerprint density at radius 2 is 2.05 bits per heavy atom. The third-order valence-electron chi connectivity index (χ3n) is 4.72. The molecule has 0 radical (unpaired) electrons. The third-order valence-corrected chi connectivity index (χ3v) is 4.72. The second-order valence-electron chi connectivity index (χ2n) is 6.37. The smallest absolute Gasteiger partial charge is 0.227 e. The van der Waals surface area contributed by atoms with Gasteiger partial charge in [0.15, 0.2) is 0 Å². The van der Waals surface area contributed by atoms with E-state index in [4.69, 9.17) is 0 Å². The second-order valence-corrected chi connectivity index (χ2v) is 6.37. The first-order valence-electron chi connectivity index (χ1n) is 7.72. The van der Waals surface area contributed by atoms with Crippen LogP contribution in [0.15, 0.2) is 18.2 Å². The maximum Gasteiger partial charge on any atom is 0.227 e. The van der Waals surface area contributed by atoms with Crippen molar-refractivity contribution in [2.24, 2.45) is 0 Å². The van der Waals surface area contributed by atoms with E-state index in [1.54, 1.807) is 0 Å². The Balaban J connectivity index is 1.68. The molecule has 0 aromatic heterocycles. The Hall–Kier alpha value is -1.35. The SMILES string of the molecule is Cc1ccc(C)c(CC(=O)N2CC[C@H]3CC[C@@H](C2)N3)c1. The molecule has 2 aliphatic heterocycles. The van der Waals surface area contributed by atoms with Gasteiger partial charge in [-0.3, -0.25) is 4.79 Å². The first-order chi connectivity index (χ1) is 9.61. The van der Waals surface area contributed by atoms with Crippen LogP contribution in [0.4, 0.5) is 0 Å². The summed E-state index contributed by atoms with van der Waals surface area (Å²) >= 11 is 0. The first-order valence-corrected chi connectivity index (χ1v) is 7.72. The molecule has 0 spiro atoms. The molecule has 1 aromatic rings. The highest BCUT2D eigenvalue weighted by Crippen LogP contribution is 2.21. The van der Waals surface area contributed by atoms with E-state index in [2.05, 4.69) is 42.3 Å². The monoisotopic (exact) mass is 272 g/mol. The van der Waals surface area contributed by atoms with E-state index in [9.17, 15) is 4.79 Å². The number of hydrogen-bond donors (Lipinski definition) is 1. The quantitative estimate of drug-likeness (QED) is 0.895. The number of fused-ring (bicyclic) bond motifs is 2. The van der Waals surface area contributed by atoms with E-state index < -0.39 is 0 Å². The van der Waals surface area contributed by atoms with Gasteiger partial charge in [0.05, 0.1) is 6.42 Å². The number of carbonyl (C=O) groups is 1. The lowest BCUT2D eigenvalue weighted by Crippen LogP contribution is -2.39. The summed E-state index contributed by atoms with van der Waals surface area (Å²) in [4.78, 5) is 14.6. The molecule has 2 heterocycles. The molecule has 0 aliphatic carbocycles. The molecule has 1 aromatic carbocycles. The lowest BCUT2D eigenvalue weighted by Gasteiger charge is -2.24. The van der Waals surface area contributed by atoms with Crippen LogP contribution in [0.5, 0.6) is 0 Å². The average molecular weight is 272 g/mol. The molecule has 2 saturated heterocycles. The number of likely N-dealkylation sites (tertiary alicyclic amines) is 1. The summed E-state index contributed by atoms with van der Waals surface area (Å²) in [7, 11) is 0. The van der Waals surface area contributed by atoms with Crippen molar-refractivity contribution < 1.29 is 4.79 Å². The van der Waals surface area contributed by atoms with Crippen molar-refractivity contribution in [1.82, 2.24) is 10.2 Å². The number of nitrogens with zero attached hydrogens (tertiary/aromatic N) is 1. The number of hydrogen-bond acceptors (Lipinski definition) is 2. The molecular formula is C17H24N2O. The van der Waals surface area contributed by atoms with Crippen molar-refractivity contribution in [2.45, 2.75) is 51.6 Å². The zero-order valence-corrected chi connectivity index (χ0v) is 12.5. The number of carbonyl (C=O) groups excluding carboxylic acids is 1. The van der Waals surface area contributed by atoms with Crippen molar-refractivity contribution in [1.29, 1.82) is 0 Å². The summed E-state index contributed by atoms with van der Waals surface area (Å²) in [6.07, 6.45) is 4.15. The summed E-state index contributed by atoms with van der Waals surface area (Å²) < 4.78 is 0. The van der Waals surface area contributed by atoms with Crippen LogP contribution in [0.2, 0.25) is 0 Å². The minimum atomic E-state index is 0.285. The number of rotatable bonds is 2. The molecule has 2 bridgehead atoms. The fraction of sp³-hybridized carbons (Fsp3) is 0.588. The van der Waals surface area contributed by atoms with Crippen LogP contribution < -0.4 is 5.32 Å². The topological polar surface area (TPSA) is 32.3 Å². The molecule has 3 rings (SSSR count). The van der Waals surface area contributed by atoms with E-state index in [1.165, 1.54) is 29.5 Å². The van der Waals surface area contributed by atoms with Gasteiger partial charge in [0.1, 0.15) is 0 Å². The maximum atomic E-state index is 12.6. The van der Waals surface area contributed by atoms with E-state index in [-0.39, 0.29) is 5.91 Å². The van der Waals surface area contributed by atoms with Crippen LogP contribution >= 0.6 is 0 Å². The fourth-order valence-electron chi connectivity index (χ4n) is 3.43. The van der Waals surface area contributed by atoms with E-state index in [0.29, 0.717) is 18.5 Å². The molecule has 0 unspecified atom stereocenters. The molecule has 2 fully saturated rings. The van der Waals surface area contributed by atoms with Crippen LogP contribution in [-0.2, 0) is 11.2 Å². The number of benzene rings is 1. The number of amides is 1. The standard InChI is InChI=1S/C17H24N2O/c1-12-3-4-13(2)14(9-12)10-17(20)19-8-7-15-5-6-16(11-19)18-15/h3-4,9,15-16,18H,5-8,10-11H2,1-2H3/t15-,16+/m1/s1. The zero-order valence-electron chi connectivity index (χ0n) is 12.5. The Labute approximate surface area is 121 Å². The molecule has 20 heavy (non-hydrogen) atoms. The Morgan fingerprint density at radius 1 is 1.25 bits per heavy atom. The molecule has 3 nitrogen and oxygen atoms in total. The minimum absolute atomic E-state index is 0.285. The molecule has 2 aliphatic rings. The lowest BCUT2D eigenvalue weighted by molar-refractivity contribution is -0.130. The van der Waals surface area contributed by atoms with Crippen LogP contribution in [0.25, 0.3) is 0 Å². The van der Waals surface area contributed by atoms with Gasteiger partial charge in [0.2, 0.25) is 5.91 Å².